The third kappa shape index (κ3) is 2.71. The van der Waals surface area contributed by atoms with Gasteiger partial charge in [-0.2, -0.15) is 0 Å². The van der Waals surface area contributed by atoms with E-state index in [0.29, 0.717) is 5.41 Å². The van der Waals surface area contributed by atoms with Gasteiger partial charge in [-0.1, -0.05) is 39.3 Å². The van der Waals surface area contributed by atoms with E-state index in [1.54, 1.807) is 5.57 Å². The van der Waals surface area contributed by atoms with Gasteiger partial charge >= 0.3 is 0 Å². The van der Waals surface area contributed by atoms with Gasteiger partial charge in [0.25, 0.3) is 0 Å². The van der Waals surface area contributed by atoms with Crippen molar-refractivity contribution in [3.05, 3.63) is 11.6 Å². The first-order valence-corrected chi connectivity index (χ1v) is 11.5. The highest BCUT2D eigenvalue weighted by molar-refractivity contribution is 5.27. The van der Waals surface area contributed by atoms with E-state index in [0.717, 1.165) is 56.7 Å². The van der Waals surface area contributed by atoms with Gasteiger partial charge in [-0.15, -0.1) is 0 Å². The van der Waals surface area contributed by atoms with Crippen LogP contribution in [0.15, 0.2) is 11.6 Å². The number of rotatable bonds is 0. The Labute approximate surface area is 165 Å². The molecule has 0 bridgehead atoms. The summed E-state index contributed by atoms with van der Waals surface area (Å²) in [7, 11) is 0. The summed E-state index contributed by atoms with van der Waals surface area (Å²) in [6, 6.07) is 0. The van der Waals surface area contributed by atoms with Gasteiger partial charge < -0.3 is 14.6 Å². The van der Waals surface area contributed by atoms with Crippen LogP contribution in [0, 0.1) is 28.6 Å². The molecule has 1 saturated heterocycles. The van der Waals surface area contributed by atoms with Gasteiger partial charge in [-0.05, 0) is 75.0 Å². The minimum atomic E-state index is -0.496. The number of hydrogen-bond donors (Lipinski definition) is 1. The summed E-state index contributed by atoms with van der Waals surface area (Å²) in [5.41, 5.74) is 1.55. The maximum absolute atomic E-state index is 10.6. The lowest BCUT2D eigenvalue weighted by Gasteiger charge is -2.59. The van der Waals surface area contributed by atoms with E-state index in [4.69, 9.17) is 9.47 Å². The van der Waals surface area contributed by atoms with Gasteiger partial charge in [-0.25, -0.2) is 0 Å². The van der Waals surface area contributed by atoms with Gasteiger partial charge in [-0.3, -0.25) is 0 Å². The molecule has 0 aromatic heterocycles. The lowest BCUT2D eigenvalue weighted by molar-refractivity contribution is -0.242. The average Bonchev–Trinajstić information content (AvgIpc) is 3.24. The summed E-state index contributed by atoms with van der Waals surface area (Å²) in [4.78, 5) is 0. The highest BCUT2D eigenvalue weighted by atomic mass is 16.7. The van der Waals surface area contributed by atoms with Crippen LogP contribution in [0.4, 0.5) is 0 Å². The summed E-state index contributed by atoms with van der Waals surface area (Å²) in [5, 5.41) is 10.6. The molecule has 0 amide bonds. The predicted octanol–water partition coefficient (Wildman–Crippen LogP) is 5.47. The molecule has 6 unspecified atom stereocenters. The lowest BCUT2D eigenvalue weighted by atomic mass is 9.47. The molecular weight excluding hydrogens is 336 g/mol. The number of aliphatic hydroxyl groups is 1. The van der Waals surface area contributed by atoms with Crippen molar-refractivity contribution in [2.45, 2.75) is 97.4 Å². The third-order valence-electron chi connectivity index (χ3n) is 9.18. The summed E-state index contributed by atoms with van der Waals surface area (Å²) in [6.45, 7) is 12.5. The van der Waals surface area contributed by atoms with Crippen LogP contribution in [0.3, 0.4) is 0 Å². The van der Waals surface area contributed by atoms with Crippen LogP contribution in [0.5, 0.6) is 0 Å². The fourth-order valence-electron chi connectivity index (χ4n) is 7.69. The van der Waals surface area contributed by atoms with Crippen molar-refractivity contribution in [2.24, 2.45) is 28.6 Å². The van der Waals surface area contributed by atoms with Crippen molar-refractivity contribution in [2.75, 3.05) is 13.2 Å². The second-order valence-corrected chi connectivity index (χ2v) is 10.4. The quantitative estimate of drug-likeness (QED) is 0.570. The molecule has 154 valence electrons. The van der Waals surface area contributed by atoms with Gasteiger partial charge in [0.15, 0.2) is 5.79 Å². The van der Waals surface area contributed by atoms with Crippen molar-refractivity contribution < 1.29 is 14.6 Å². The summed E-state index contributed by atoms with van der Waals surface area (Å²) in [5.74, 6) is 1.98. The normalized spacial score (nSPS) is 50.1. The van der Waals surface area contributed by atoms with E-state index in [-0.39, 0.29) is 11.2 Å². The smallest absolute Gasteiger partial charge is 0.174 e. The molecule has 1 spiro atoms. The molecule has 5 aliphatic rings. The molecule has 27 heavy (non-hydrogen) atoms. The topological polar surface area (TPSA) is 38.7 Å². The first kappa shape index (κ1) is 19.9. The van der Waals surface area contributed by atoms with Crippen molar-refractivity contribution >= 4 is 0 Å². The molecule has 4 aliphatic carbocycles. The fourth-order valence-corrected chi connectivity index (χ4v) is 7.69. The Morgan fingerprint density at radius 1 is 0.926 bits per heavy atom. The van der Waals surface area contributed by atoms with Crippen LogP contribution < -0.4 is 0 Å². The number of hydrogen-bond acceptors (Lipinski definition) is 3. The van der Waals surface area contributed by atoms with Crippen LogP contribution >= 0.6 is 0 Å². The monoisotopic (exact) mass is 376 g/mol. The van der Waals surface area contributed by atoms with Gasteiger partial charge in [0.2, 0.25) is 0 Å². The molecule has 5 rings (SSSR count). The molecule has 3 heteroatoms. The Kier molecular flexibility index (Phi) is 4.85. The van der Waals surface area contributed by atoms with Gasteiger partial charge in [0.1, 0.15) is 0 Å². The highest BCUT2D eigenvalue weighted by Gasteiger charge is 2.66. The largest absolute Gasteiger partial charge is 0.390 e. The Bertz CT molecular complexity index is 603. The van der Waals surface area contributed by atoms with Crippen LogP contribution in [0.2, 0.25) is 0 Å². The van der Waals surface area contributed by atoms with Crippen molar-refractivity contribution in [1.29, 1.82) is 0 Å². The van der Waals surface area contributed by atoms with Crippen LogP contribution in [-0.2, 0) is 9.47 Å². The average molecular weight is 377 g/mol. The zero-order chi connectivity index (χ0) is 19.5. The van der Waals surface area contributed by atoms with Crippen LogP contribution in [0.1, 0.15) is 86.0 Å². The third-order valence-corrected chi connectivity index (χ3v) is 9.18. The maximum Gasteiger partial charge on any atom is 0.174 e. The van der Waals surface area contributed by atoms with E-state index in [2.05, 4.69) is 19.9 Å². The first-order chi connectivity index (χ1) is 12.8. The zero-order valence-corrected chi connectivity index (χ0v) is 18.1. The van der Waals surface area contributed by atoms with E-state index in [1.807, 2.05) is 20.8 Å². The molecule has 1 heterocycles. The van der Waals surface area contributed by atoms with Crippen LogP contribution in [-0.4, -0.2) is 29.7 Å². The van der Waals surface area contributed by atoms with Crippen LogP contribution in [0.25, 0.3) is 0 Å². The predicted molar refractivity (Wildman–Crippen MR) is 108 cm³/mol. The summed E-state index contributed by atoms with van der Waals surface area (Å²) < 4.78 is 12.5. The molecule has 0 radical (unpaired) electrons. The SMILES string of the molecule is CC.CC1(O)CCC2(C)C(=CCC3C2CCC2(C)C3CCC23OCCO3)C1. The number of fused-ring (bicyclic) bond motifs is 6. The van der Waals surface area contributed by atoms with Crippen molar-refractivity contribution in [1.82, 2.24) is 0 Å². The van der Waals surface area contributed by atoms with Crippen molar-refractivity contribution in [3.63, 3.8) is 0 Å². The van der Waals surface area contributed by atoms with Gasteiger partial charge in [0, 0.05) is 11.8 Å². The van der Waals surface area contributed by atoms with Gasteiger partial charge in [0.05, 0.1) is 18.8 Å². The van der Waals surface area contributed by atoms with E-state index in [1.165, 1.54) is 25.7 Å². The molecule has 0 aromatic carbocycles. The first-order valence-electron chi connectivity index (χ1n) is 11.5. The Morgan fingerprint density at radius 3 is 2.30 bits per heavy atom. The van der Waals surface area contributed by atoms with E-state index in [9.17, 15) is 5.11 Å². The molecule has 0 aromatic rings. The summed E-state index contributed by atoms with van der Waals surface area (Å²) in [6.07, 6.45) is 11.6. The fraction of sp³-hybridized carbons (Fsp3) is 0.917. The Hall–Kier alpha value is -0.380. The number of allylic oxidation sites excluding steroid dienone is 1. The molecule has 6 atom stereocenters. The minimum Gasteiger partial charge on any atom is -0.390 e. The molecule has 3 saturated carbocycles. The molecule has 3 nitrogen and oxygen atoms in total. The zero-order valence-electron chi connectivity index (χ0n) is 18.1. The van der Waals surface area contributed by atoms with E-state index < -0.39 is 5.60 Å². The second-order valence-electron chi connectivity index (χ2n) is 10.4. The molecule has 1 N–H and O–H groups in total. The second kappa shape index (κ2) is 6.57. The molecule has 1 aliphatic heterocycles. The number of ether oxygens (including phenoxy) is 2. The standard InChI is InChI=1S/C22H34O3.C2H6/c1-19(23)10-11-20(2)15(14-19)4-5-16-17(20)6-8-21(3)18(16)7-9-22(21)24-12-13-25-22;1-2/h4,16-18,23H,5-14H2,1-3H3;1-2H3. The Balaban J connectivity index is 0.000000872. The minimum absolute atomic E-state index is 0.187. The lowest BCUT2D eigenvalue weighted by Crippen LogP contribution is -2.55. The van der Waals surface area contributed by atoms with Crippen molar-refractivity contribution in [3.8, 4) is 0 Å². The molecular formula is C24H40O3. The Morgan fingerprint density at radius 2 is 1.59 bits per heavy atom. The maximum atomic E-state index is 10.6. The molecule has 4 fully saturated rings. The highest BCUT2D eigenvalue weighted by Crippen LogP contribution is 2.68. The summed E-state index contributed by atoms with van der Waals surface area (Å²) >= 11 is 0. The van der Waals surface area contributed by atoms with E-state index >= 15 is 0 Å².